The lowest BCUT2D eigenvalue weighted by Gasteiger charge is -2.34. The summed E-state index contributed by atoms with van der Waals surface area (Å²) in [5, 5.41) is 3.49. The molecule has 106 valence electrons. The topological polar surface area (TPSA) is 24.5 Å². The molecular formula is C15H30N2O. The monoisotopic (exact) mass is 254 g/mol. The van der Waals surface area contributed by atoms with Gasteiger partial charge in [-0.3, -0.25) is 0 Å². The summed E-state index contributed by atoms with van der Waals surface area (Å²) in [5.74, 6) is 0.841. The van der Waals surface area contributed by atoms with Gasteiger partial charge in [0.1, 0.15) is 0 Å². The maximum Gasteiger partial charge on any atom is 0.0710 e. The van der Waals surface area contributed by atoms with Crippen molar-refractivity contribution in [2.24, 2.45) is 5.92 Å². The van der Waals surface area contributed by atoms with Gasteiger partial charge in [0.05, 0.1) is 11.7 Å². The van der Waals surface area contributed by atoms with Crippen molar-refractivity contribution in [2.75, 3.05) is 32.7 Å². The van der Waals surface area contributed by atoms with Gasteiger partial charge in [0.25, 0.3) is 0 Å². The van der Waals surface area contributed by atoms with Crippen molar-refractivity contribution in [3.8, 4) is 0 Å². The number of nitrogens with zero attached hydrogens (tertiary/aromatic N) is 1. The molecule has 18 heavy (non-hydrogen) atoms. The predicted molar refractivity (Wildman–Crippen MR) is 75.9 cm³/mol. The second-order valence-corrected chi connectivity index (χ2v) is 6.61. The molecule has 0 bridgehead atoms. The summed E-state index contributed by atoms with van der Waals surface area (Å²) in [4.78, 5) is 2.62. The molecule has 0 radical (unpaired) electrons. The molecule has 1 N–H and O–H groups in total. The van der Waals surface area contributed by atoms with Gasteiger partial charge < -0.3 is 15.0 Å². The van der Waals surface area contributed by atoms with Gasteiger partial charge in [0.15, 0.2) is 0 Å². The zero-order valence-corrected chi connectivity index (χ0v) is 12.4. The first-order valence-corrected chi connectivity index (χ1v) is 7.70. The standard InChI is InChI=1S/C15H30N2O/c1-4-16-10-13-6-5-9-17(11-13)12-14-7-8-15(2,3)18-14/h13-14,16H,4-12H2,1-3H3. The van der Waals surface area contributed by atoms with Gasteiger partial charge in [0.2, 0.25) is 0 Å². The Kier molecular flexibility index (Phi) is 5.05. The van der Waals surface area contributed by atoms with Crippen LogP contribution in [-0.4, -0.2) is 49.3 Å². The molecule has 2 atom stereocenters. The van der Waals surface area contributed by atoms with E-state index in [1.165, 1.54) is 45.3 Å². The zero-order chi connectivity index (χ0) is 13.0. The largest absolute Gasteiger partial charge is 0.371 e. The third kappa shape index (κ3) is 4.22. The van der Waals surface area contributed by atoms with Crippen LogP contribution in [0.1, 0.15) is 46.5 Å². The number of ether oxygens (including phenoxy) is 1. The number of likely N-dealkylation sites (tertiary alicyclic amines) is 1. The fourth-order valence-electron chi connectivity index (χ4n) is 3.33. The fraction of sp³-hybridized carbons (Fsp3) is 1.00. The fourth-order valence-corrected chi connectivity index (χ4v) is 3.33. The Morgan fingerprint density at radius 3 is 2.83 bits per heavy atom. The summed E-state index contributed by atoms with van der Waals surface area (Å²) in [7, 11) is 0. The van der Waals surface area contributed by atoms with Crippen LogP contribution in [0.3, 0.4) is 0 Å². The zero-order valence-electron chi connectivity index (χ0n) is 12.4. The predicted octanol–water partition coefficient (Wildman–Crippen LogP) is 2.27. The lowest BCUT2D eigenvalue weighted by Crippen LogP contribution is -2.43. The number of hydrogen-bond acceptors (Lipinski definition) is 3. The van der Waals surface area contributed by atoms with Crippen LogP contribution in [0.2, 0.25) is 0 Å². The lowest BCUT2D eigenvalue weighted by atomic mass is 9.97. The van der Waals surface area contributed by atoms with Crippen LogP contribution < -0.4 is 5.32 Å². The summed E-state index contributed by atoms with van der Waals surface area (Å²) >= 11 is 0. The number of hydrogen-bond donors (Lipinski definition) is 1. The summed E-state index contributed by atoms with van der Waals surface area (Å²) in [6.07, 6.45) is 5.67. The van der Waals surface area contributed by atoms with Crippen LogP contribution in [0.25, 0.3) is 0 Å². The molecule has 0 aromatic rings. The molecule has 0 saturated carbocycles. The van der Waals surface area contributed by atoms with E-state index in [1.54, 1.807) is 0 Å². The van der Waals surface area contributed by atoms with Gasteiger partial charge in [-0.1, -0.05) is 6.92 Å². The van der Waals surface area contributed by atoms with E-state index >= 15 is 0 Å². The van der Waals surface area contributed by atoms with Crippen LogP contribution in [0.5, 0.6) is 0 Å². The first kappa shape index (κ1) is 14.3. The highest BCUT2D eigenvalue weighted by Gasteiger charge is 2.33. The third-order valence-electron chi connectivity index (χ3n) is 4.30. The quantitative estimate of drug-likeness (QED) is 0.814. The highest BCUT2D eigenvalue weighted by molar-refractivity contribution is 4.84. The molecule has 0 amide bonds. The molecule has 2 fully saturated rings. The second kappa shape index (κ2) is 6.36. The van der Waals surface area contributed by atoms with Crippen molar-refractivity contribution < 1.29 is 4.74 Å². The van der Waals surface area contributed by atoms with Crippen LogP contribution in [0, 0.1) is 5.92 Å². The molecule has 3 heteroatoms. The molecule has 0 aromatic heterocycles. The molecule has 2 heterocycles. The summed E-state index contributed by atoms with van der Waals surface area (Å²) in [6, 6.07) is 0. The molecule has 2 saturated heterocycles. The van der Waals surface area contributed by atoms with E-state index in [-0.39, 0.29) is 5.60 Å². The first-order valence-electron chi connectivity index (χ1n) is 7.70. The Morgan fingerprint density at radius 2 is 2.17 bits per heavy atom. The average Bonchev–Trinajstić information content (AvgIpc) is 2.66. The SMILES string of the molecule is CCNCC1CCCN(CC2CCC(C)(C)O2)C1. The number of rotatable bonds is 5. The van der Waals surface area contributed by atoms with Crippen molar-refractivity contribution >= 4 is 0 Å². The molecule has 0 aliphatic carbocycles. The molecule has 3 nitrogen and oxygen atoms in total. The Hall–Kier alpha value is -0.120. The molecule has 2 aliphatic rings. The van der Waals surface area contributed by atoms with Crippen molar-refractivity contribution in [1.82, 2.24) is 10.2 Å². The van der Waals surface area contributed by atoms with E-state index < -0.39 is 0 Å². The van der Waals surface area contributed by atoms with Gasteiger partial charge >= 0.3 is 0 Å². The molecule has 2 unspecified atom stereocenters. The molecule has 2 rings (SSSR count). The summed E-state index contributed by atoms with van der Waals surface area (Å²) < 4.78 is 6.11. The Morgan fingerprint density at radius 1 is 1.33 bits per heavy atom. The summed E-state index contributed by atoms with van der Waals surface area (Å²) in [6.45, 7) is 12.6. The smallest absolute Gasteiger partial charge is 0.0710 e. The minimum atomic E-state index is 0.115. The summed E-state index contributed by atoms with van der Waals surface area (Å²) in [5.41, 5.74) is 0.115. The van der Waals surface area contributed by atoms with Gasteiger partial charge in [-0.2, -0.15) is 0 Å². The normalized spacial score (nSPS) is 32.8. The van der Waals surface area contributed by atoms with E-state index in [4.69, 9.17) is 4.74 Å². The Bertz CT molecular complexity index is 255. The first-order chi connectivity index (χ1) is 8.59. The minimum Gasteiger partial charge on any atom is -0.371 e. The average molecular weight is 254 g/mol. The van der Waals surface area contributed by atoms with Crippen molar-refractivity contribution in [3.63, 3.8) is 0 Å². The Balaban J connectivity index is 1.72. The van der Waals surface area contributed by atoms with Gasteiger partial charge in [-0.25, -0.2) is 0 Å². The van der Waals surface area contributed by atoms with Crippen LogP contribution >= 0.6 is 0 Å². The minimum absolute atomic E-state index is 0.115. The van der Waals surface area contributed by atoms with E-state index in [0.717, 1.165) is 19.0 Å². The molecule has 0 spiro atoms. The molecule has 2 aliphatic heterocycles. The van der Waals surface area contributed by atoms with Crippen molar-refractivity contribution in [2.45, 2.75) is 58.2 Å². The van der Waals surface area contributed by atoms with E-state index in [2.05, 4.69) is 31.0 Å². The van der Waals surface area contributed by atoms with E-state index in [0.29, 0.717) is 6.10 Å². The second-order valence-electron chi connectivity index (χ2n) is 6.61. The van der Waals surface area contributed by atoms with E-state index in [1.807, 2.05) is 0 Å². The lowest BCUT2D eigenvalue weighted by molar-refractivity contribution is -0.0328. The number of nitrogens with one attached hydrogen (secondary N) is 1. The Labute approximate surface area is 112 Å². The molecule has 0 aromatic carbocycles. The van der Waals surface area contributed by atoms with Crippen molar-refractivity contribution in [1.29, 1.82) is 0 Å². The van der Waals surface area contributed by atoms with Crippen LogP contribution in [-0.2, 0) is 4.74 Å². The highest BCUT2D eigenvalue weighted by atomic mass is 16.5. The van der Waals surface area contributed by atoms with Crippen LogP contribution in [0.4, 0.5) is 0 Å². The highest BCUT2D eigenvalue weighted by Crippen LogP contribution is 2.30. The van der Waals surface area contributed by atoms with Gasteiger partial charge in [0, 0.05) is 13.1 Å². The van der Waals surface area contributed by atoms with Gasteiger partial charge in [-0.05, 0) is 65.1 Å². The maximum atomic E-state index is 6.11. The van der Waals surface area contributed by atoms with Gasteiger partial charge in [-0.15, -0.1) is 0 Å². The van der Waals surface area contributed by atoms with Crippen LogP contribution in [0.15, 0.2) is 0 Å². The van der Waals surface area contributed by atoms with Crippen molar-refractivity contribution in [3.05, 3.63) is 0 Å². The molecular weight excluding hydrogens is 224 g/mol. The number of piperidine rings is 1. The maximum absolute atomic E-state index is 6.11. The third-order valence-corrected chi connectivity index (χ3v) is 4.30. The van der Waals surface area contributed by atoms with E-state index in [9.17, 15) is 0 Å².